The molecule has 0 unspecified atom stereocenters. The fraction of sp³-hybridized carbons (Fsp3) is 0.167. The number of aromatic nitrogens is 3. The van der Waals surface area contributed by atoms with Gasteiger partial charge in [-0.1, -0.05) is 23.8 Å². The van der Waals surface area contributed by atoms with Crippen molar-refractivity contribution in [3.05, 3.63) is 65.4 Å². The molecule has 2 aromatic carbocycles. The van der Waals surface area contributed by atoms with Crippen LogP contribution < -0.4 is 10.6 Å². The van der Waals surface area contributed by atoms with Crippen molar-refractivity contribution in [1.82, 2.24) is 15.2 Å². The smallest absolute Gasteiger partial charge is 0.249 e. The Balaban J connectivity index is 1.78. The second-order valence-electron chi connectivity index (χ2n) is 5.66. The summed E-state index contributed by atoms with van der Waals surface area (Å²) in [7, 11) is 0. The van der Waals surface area contributed by atoms with Crippen LogP contribution in [-0.4, -0.2) is 15.2 Å². The van der Waals surface area contributed by atoms with E-state index in [4.69, 9.17) is 0 Å². The van der Waals surface area contributed by atoms with Crippen molar-refractivity contribution in [2.75, 3.05) is 10.6 Å². The Morgan fingerprint density at radius 3 is 2.13 bits per heavy atom. The van der Waals surface area contributed by atoms with Crippen molar-refractivity contribution in [1.29, 1.82) is 0 Å². The lowest BCUT2D eigenvalue weighted by atomic mass is 10.1. The molecule has 0 radical (unpaired) electrons. The Morgan fingerprint density at radius 2 is 1.43 bits per heavy atom. The normalized spacial score (nSPS) is 10.4. The summed E-state index contributed by atoms with van der Waals surface area (Å²) in [6.07, 6.45) is 1.61. The molecular weight excluding hydrogens is 286 g/mol. The first-order valence-electron chi connectivity index (χ1n) is 7.47. The standard InChI is InChI=1S/C18H19N5/c1-12-4-6-15(7-5-12)21-18-22-17(11-19-23-18)20-16-9-13(2)8-14(3)10-16/h4-11H,1-3H3,(H2,20,21,22,23). The largest absolute Gasteiger partial charge is 0.339 e. The first-order chi connectivity index (χ1) is 11.1. The molecule has 5 heteroatoms. The van der Waals surface area contributed by atoms with Gasteiger partial charge in [-0.3, -0.25) is 0 Å². The highest BCUT2D eigenvalue weighted by Crippen LogP contribution is 2.19. The Bertz CT molecular complexity index is 792. The van der Waals surface area contributed by atoms with Gasteiger partial charge < -0.3 is 10.6 Å². The number of nitrogens with one attached hydrogen (secondary N) is 2. The van der Waals surface area contributed by atoms with E-state index in [1.807, 2.05) is 24.3 Å². The molecule has 0 atom stereocenters. The molecular formula is C18H19N5. The molecule has 3 rings (SSSR count). The van der Waals surface area contributed by atoms with Gasteiger partial charge in [0.15, 0.2) is 5.82 Å². The minimum Gasteiger partial charge on any atom is -0.339 e. The predicted molar refractivity (Wildman–Crippen MR) is 93.5 cm³/mol. The van der Waals surface area contributed by atoms with Crippen molar-refractivity contribution in [2.45, 2.75) is 20.8 Å². The molecule has 0 fully saturated rings. The van der Waals surface area contributed by atoms with E-state index < -0.39 is 0 Å². The molecule has 0 aliphatic heterocycles. The van der Waals surface area contributed by atoms with Gasteiger partial charge in [-0.25, -0.2) is 0 Å². The number of rotatable bonds is 4. The summed E-state index contributed by atoms with van der Waals surface area (Å²) in [6.45, 7) is 6.19. The topological polar surface area (TPSA) is 62.7 Å². The second kappa shape index (κ2) is 6.44. The molecule has 0 spiro atoms. The van der Waals surface area contributed by atoms with Crippen LogP contribution in [0, 0.1) is 20.8 Å². The fourth-order valence-corrected chi connectivity index (χ4v) is 2.38. The fourth-order valence-electron chi connectivity index (χ4n) is 2.38. The lowest BCUT2D eigenvalue weighted by molar-refractivity contribution is 0.982. The Hall–Kier alpha value is -2.95. The molecule has 2 N–H and O–H groups in total. The summed E-state index contributed by atoms with van der Waals surface area (Å²) < 4.78 is 0. The van der Waals surface area contributed by atoms with E-state index >= 15 is 0 Å². The van der Waals surface area contributed by atoms with Crippen LogP contribution in [0.2, 0.25) is 0 Å². The highest BCUT2D eigenvalue weighted by molar-refractivity contribution is 5.60. The average Bonchev–Trinajstić information content (AvgIpc) is 2.49. The van der Waals surface area contributed by atoms with Crippen molar-refractivity contribution < 1.29 is 0 Å². The SMILES string of the molecule is Cc1ccc(Nc2nncc(Nc3cc(C)cc(C)c3)n2)cc1. The molecule has 116 valence electrons. The van der Waals surface area contributed by atoms with Crippen LogP contribution >= 0.6 is 0 Å². The molecule has 0 aliphatic carbocycles. The molecule has 1 aromatic heterocycles. The molecule has 0 amide bonds. The van der Waals surface area contributed by atoms with Crippen molar-refractivity contribution in [3.63, 3.8) is 0 Å². The quantitative estimate of drug-likeness (QED) is 0.753. The highest BCUT2D eigenvalue weighted by atomic mass is 15.3. The molecule has 0 saturated carbocycles. The van der Waals surface area contributed by atoms with Crippen LogP contribution in [0.15, 0.2) is 48.7 Å². The molecule has 3 aromatic rings. The van der Waals surface area contributed by atoms with E-state index in [2.05, 4.69) is 64.8 Å². The minimum absolute atomic E-state index is 0.461. The first-order valence-corrected chi connectivity index (χ1v) is 7.47. The summed E-state index contributed by atoms with van der Waals surface area (Å²) in [5.74, 6) is 1.11. The maximum atomic E-state index is 4.45. The van der Waals surface area contributed by atoms with Gasteiger partial charge in [-0.15, -0.1) is 5.10 Å². The van der Waals surface area contributed by atoms with Gasteiger partial charge in [-0.2, -0.15) is 10.1 Å². The lowest BCUT2D eigenvalue weighted by Gasteiger charge is -2.09. The van der Waals surface area contributed by atoms with E-state index in [1.165, 1.54) is 16.7 Å². The zero-order valence-corrected chi connectivity index (χ0v) is 13.5. The van der Waals surface area contributed by atoms with Crippen molar-refractivity contribution >= 4 is 23.1 Å². The van der Waals surface area contributed by atoms with Gasteiger partial charge in [0.2, 0.25) is 5.95 Å². The summed E-state index contributed by atoms with van der Waals surface area (Å²) in [4.78, 5) is 4.45. The summed E-state index contributed by atoms with van der Waals surface area (Å²) in [5.41, 5.74) is 5.53. The number of aryl methyl sites for hydroxylation is 3. The van der Waals surface area contributed by atoms with Gasteiger partial charge in [0, 0.05) is 11.4 Å². The number of hydrogen-bond donors (Lipinski definition) is 2. The highest BCUT2D eigenvalue weighted by Gasteiger charge is 2.03. The summed E-state index contributed by atoms with van der Waals surface area (Å²) in [5, 5.41) is 14.4. The third-order valence-electron chi connectivity index (χ3n) is 3.36. The first kappa shape index (κ1) is 15.0. The lowest BCUT2D eigenvalue weighted by Crippen LogP contribution is -2.02. The van der Waals surface area contributed by atoms with Crippen molar-refractivity contribution in [2.24, 2.45) is 0 Å². The molecule has 0 saturated heterocycles. The van der Waals surface area contributed by atoms with Gasteiger partial charge in [0.1, 0.15) is 0 Å². The van der Waals surface area contributed by atoms with E-state index in [1.54, 1.807) is 6.20 Å². The Labute approximate surface area is 135 Å². The Morgan fingerprint density at radius 1 is 0.739 bits per heavy atom. The number of anilines is 4. The monoisotopic (exact) mass is 305 g/mol. The van der Waals surface area contributed by atoms with E-state index in [0.29, 0.717) is 11.8 Å². The Kier molecular flexibility index (Phi) is 4.19. The number of benzene rings is 2. The summed E-state index contributed by atoms with van der Waals surface area (Å²) >= 11 is 0. The maximum Gasteiger partial charge on any atom is 0.249 e. The van der Waals surface area contributed by atoms with Crippen LogP contribution in [-0.2, 0) is 0 Å². The third kappa shape index (κ3) is 4.03. The average molecular weight is 305 g/mol. The molecule has 0 aliphatic rings. The molecule has 5 nitrogen and oxygen atoms in total. The van der Waals surface area contributed by atoms with Gasteiger partial charge >= 0.3 is 0 Å². The van der Waals surface area contributed by atoms with Crippen LogP contribution in [0.1, 0.15) is 16.7 Å². The van der Waals surface area contributed by atoms with E-state index in [9.17, 15) is 0 Å². The minimum atomic E-state index is 0.461. The number of hydrogen-bond acceptors (Lipinski definition) is 5. The summed E-state index contributed by atoms with van der Waals surface area (Å²) in [6, 6.07) is 14.3. The van der Waals surface area contributed by atoms with Gasteiger partial charge in [0.05, 0.1) is 6.20 Å². The number of nitrogens with zero attached hydrogens (tertiary/aromatic N) is 3. The van der Waals surface area contributed by atoms with Crippen molar-refractivity contribution in [3.8, 4) is 0 Å². The zero-order chi connectivity index (χ0) is 16.2. The molecule has 23 heavy (non-hydrogen) atoms. The zero-order valence-electron chi connectivity index (χ0n) is 13.5. The maximum absolute atomic E-state index is 4.45. The van der Waals surface area contributed by atoms with E-state index in [-0.39, 0.29) is 0 Å². The van der Waals surface area contributed by atoms with Crippen LogP contribution in [0.5, 0.6) is 0 Å². The predicted octanol–water partition coefficient (Wildman–Crippen LogP) is 4.28. The molecule has 0 bridgehead atoms. The third-order valence-corrected chi connectivity index (χ3v) is 3.36. The molecule has 1 heterocycles. The van der Waals surface area contributed by atoms with Gasteiger partial charge in [0.25, 0.3) is 0 Å². The van der Waals surface area contributed by atoms with E-state index in [0.717, 1.165) is 11.4 Å². The van der Waals surface area contributed by atoms with Crippen LogP contribution in [0.3, 0.4) is 0 Å². The van der Waals surface area contributed by atoms with Gasteiger partial charge in [-0.05, 0) is 56.2 Å². The van der Waals surface area contributed by atoms with Crippen LogP contribution in [0.4, 0.5) is 23.1 Å². The van der Waals surface area contributed by atoms with Crippen LogP contribution in [0.25, 0.3) is 0 Å². The second-order valence-corrected chi connectivity index (χ2v) is 5.66.